The highest BCUT2D eigenvalue weighted by Gasteiger charge is 2.37. The number of halogens is 1. The fraction of sp³-hybridized carbons (Fsp3) is 0.588. The molecule has 0 amide bonds. The minimum Gasteiger partial charge on any atom is -0.490 e. The van der Waals surface area contributed by atoms with E-state index in [1.165, 1.54) is 6.07 Å². The van der Waals surface area contributed by atoms with Crippen LogP contribution in [0.5, 0.6) is 5.75 Å². The topological polar surface area (TPSA) is 74.0 Å². The van der Waals surface area contributed by atoms with Crippen LogP contribution >= 0.6 is 11.6 Å². The summed E-state index contributed by atoms with van der Waals surface area (Å²) >= 11 is 6.08. The summed E-state index contributed by atoms with van der Waals surface area (Å²) in [6.45, 7) is 3.73. The van der Waals surface area contributed by atoms with Crippen molar-refractivity contribution in [2.45, 2.75) is 18.9 Å². The number of nitrogens with zero attached hydrogens (tertiary/aromatic N) is 1. The van der Waals surface area contributed by atoms with Crippen LogP contribution in [0, 0.1) is 5.92 Å². The lowest BCUT2D eigenvalue weighted by Gasteiger charge is -2.43. The number of anilines is 1. The van der Waals surface area contributed by atoms with Crippen molar-refractivity contribution in [1.82, 2.24) is 4.90 Å². The van der Waals surface area contributed by atoms with Crippen LogP contribution in [-0.4, -0.2) is 56.9 Å². The average molecular weight is 355 g/mol. The lowest BCUT2D eigenvalue weighted by molar-refractivity contribution is -0.0457. The molecule has 1 unspecified atom stereocenters. The van der Waals surface area contributed by atoms with Gasteiger partial charge < -0.3 is 19.9 Å². The Morgan fingerprint density at radius 1 is 1.33 bits per heavy atom. The number of fused-ring (bicyclic) bond motifs is 3. The van der Waals surface area contributed by atoms with Gasteiger partial charge in [-0.2, -0.15) is 0 Å². The lowest BCUT2D eigenvalue weighted by Crippen LogP contribution is -2.51. The summed E-state index contributed by atoms with van der Waals surface area (Å²) < 4.78 is 16.3. The number of hydrogen-bond acceptors (Lipinski definition) is 6. The molecule has 0 saturated carbocycles. The molecule has 3 fully saturated rings. The molecule has 0 aliphatic carbocycles. The predicted octanol–water partition coefficient (Wildman–Crippen LogP) is 2.20. The van der Waals surface area contributed by atoms with Crippen molar-refractivity contribution in [3.63, 3.8) is 0 Å². The van der Waals surface area contributed by atoms with Crippen LogP contribution in [0.15, 0.2) is 12.1 Å². The van der Waals surface area contributed by atoms with Gasteiger partial charge in [0.1, 0.15) is 24.0 Å². The third kappa shape index (κ3) is 3.77. The van der Waals surface area contributed by atoms with Gasteiger partial charge in [-0.05, 0) is 37.9 Å². The zero-order valence-electron chi connectivity index (χ0n) is 13.8. The van der Waals surface area contributed by atoms with Crippen LogP contribution in [0.1, 0.15) is 23.2 Å². The van der Waals surface area contributed by atoms with E-state index in [9.17, 15) is 4.79 Å². The molecule has 6 nitrogen and oxygen atoms in total. The standard InChI is InChI=1S/C17H23ClN2O4/c1-22-6-7-23-15-9-14(19)13(18)8-12(15)17(21)24-16-10-20-4-2-11(16)3-5-20/h8-9,11,16H,2-7,10,19H2,1H3. The molecule has 1 aromatic carbocycles. The van der Waals surface area contributed by atoms with Crippen molar-refractivity contribution in [3.05, 3.63) is 22.7 Å². The Kier molecular flexibility index (Phi) is 5.48. The molecule has 3 aliphatic rings. The van der Waals surface area contributed by atoms with E-state index in [2.05, 4.69) is 4.90 Å². The minimum atomic E-state index is -0.414. The van der Waals surface area contributed by atoms with Gasteiger partial charge in [0, 0.05) is 19.7 Å². The molecule has 132 valence electrons. The molecule has 2 N–H and O–H groups in total. The smallest absolute Gasteiger partial charge is 0.342 e. The van der Waals surface area contributed by atoms with Crippen molar-refractivity contribution in [2.75, 3.05) is 45.7 Å². The third-order valence-corrected chi connectivity index (χ3v) is 5.05. The second-order valence-corrected chi connectivity index (χ2v) is 6.70. The minimum absolute atomic E-state index is 0.0665. The molecule has 3 heterocycles. The van der Waals surface area contributed by atoms with Gasteiger partial charge in [0.25, 0.3) is 0 Å². The Balaban J connectivity index is 1.74. The molecule has 0 spiro atoms. The molecule has 3 aliphatic heterocycles. The number of benzene rings is 1. The van der Waals surface area contributed by atoms with Gasteiger partial charge in [0.05, 0.1) is 17.3 Å². The number of nitrogen functional groups attached to an aromatic ring is 1. The lowest BCUT2D eigenvalue weighted by atomic mass is 9.86. The molecule has 0 radical (unpaired) electrons. The number of carbonyl (C=O) groups is 1. The maximum atomic E-state index is 12.7. The van der Waals surface area contributed by atoms with Gasteiger partial charge in [-0.25, -0.2) is 4.79 Å². The molecule has 24 heavy (non-hydrogen) atoms. The van der Waals surface area contributed by atoms with Gasteiger partial charge in [0.2, 0.25) is 0 Å². The normalized spacial score (nSPS) is 25.5. The highest BCUT2D eigenvalue weighted by Crippen LogP contribution is 2.33. The van der Waals surface area contributed by atoms with Gasteiger partial charge >= 0.3 is 5.97 Å². The number of carbonyl (C=O) groups excluding carboxylic acids is 1. The zero-order chi connectivity index (χ0) is 17.1. The monoisotopic (exact) mass is 354 g/mol. The summed E-state index contributed by atoms with van der Waals surface area (Å²) in [6, 6.07) is 3.08. The number of hydrogen-bond donors (Lipinski definition) is 1. The zero-order valence-corrected chi connectivity index (χ0v) is 14.6. The van der Waals surface area contributed by atoms with E-state index in [0.29, 0.717) is 41.2 Å². The number of methoxy groups -OCH3 is 1. The van der Waals surface area contributed by atoms with E-state index in [1.807, 2.05) is 0 Å². The number of piperidine rings is 3. The van der Waals surface area contributed by atoms with Crippen LogP contribution in [0.2, 0.25) is 5.02 Å². The van der Waals surface area contributed by atoms with Crippen molar-refractivity contribution < 1.29 is 19.0 Å². The van der Waals surface area contributed by atoms with E-state index < -0.39 is 5.97 Å². The molecule has 2 bridgehead atoms. The van der Waals surface area contributed by atoms with Crippen molar-refractivity contribution >= 4 is 23.3 Å². The summed E-state index contributed by atoms with van der Waals surface area (Å²) in [5.74, 6) is 0.407. The van der Waals surface area contributed by atoms with Gasteiger partial charge in [-0.1, -0.05) is 11.6 Å². The molecular formula is C17H23ClN2O4. The van der Waals surface area contributed by atoms with Crippen LogP contribution in [0.3, 0.4) is 0 Å². The molecule has 1 aromatic rings. The third-order valence-electron chi connectivity index (χ3n) is 4.72. The summed E-state index contributed by atoms with van der Waals surface area (Å²) in [6.07, 6.45) is 2.10. The SMILES string of the molecule is COCCOc1cc(N)c(Cl)cc1C(=O)OC1CN2CCC1CC2. The van der Waals surface area contributed by atoms with E-state index in [1.54, 1.807) is 13.2 Å². The summed E-state index contributed by atoms with van der Waals surface area (Å²) in [4.78, 5) is 15.0. The Morgan fingerprint density at radius 3 is 2.71 bits per heavy atom. The van der Waals surface area contributed by atoms with Crippen LogP contribution in [-0.2, 0) is 9.47 Å². The van der Waals surface area contributed by atoms with E-state index >= 15 is 0 Å². The Bertz CT molecular complexity index is 602. The number of rotatable bonds is 6. The van der Waals surface area contributed by atoms with E-state index in [0.717, 1.165) is 32.5 Å². The molecule has 4 rings (SSSR count). The Hall–Kier alpha value is -1.50. The van der Waals surface area contributed by atoms with Gasteiger partial charge in [-0.15, -0.1) is 0 Å². The van der Waals surface area contributed by atoms with E-state index in [4.69, 9.17) is 31.5 Å². The number of esters is 1. The van der Waals surface area contributed by atoms with Crippen molar-refractivity contribution in [3.8, 4) is 5.75 Å². The summed E-state index contributed by atoms with van der Waals surface area (Å²) in [5, 5.41) is 0.315. The highest BCUT2D eigenvalue weighted by molar-refractivity contribution is 6.33. The summed E-state index contributed by atoms with van der Waals surface area (Å²) in [7, 11) is 1.59. The average Bonchev–Trinajstić information content (AvgIpc) is 2.59. The van der Waals surface area contributed by atoms with Gasteiger partial charge in [-0.3, -0.25) is 4.90 Å². The van der Waals surface area contributed by atoms with Gasteiger partial charge in [0.15, 0.2) is 0 Å². The molecule has 0 aromatic heterocycles. The second kappa shape index (κ2) is 7.59. The maximum absolute atomic E-state index is 12.7. The highest BCUT2D eigenvalue weighted by atomic mass is 35.5. The first-order chi connectivity index (χ1) is 11.6. The fourth-order valence-corrected chi connectivity index (χ4v) is 3.49. The number of ether oxygens (including phenoxy) is 3. The molecule has 1 atom stereocenters. The quantitative estimate of drug-likeness (QED) is 0.479. The molecule has 3 saturated heterocycles. The van der Waals surface area contributed by atoms with E-state index in [-0.39, 0.29) is 6.10 Å². The van der Waals surface area contributed by atoms with Crippen LogP contribution in [0.25, 0.3) is 0 Å². The molecule has 7 heteroatoms. The summed E-state index contributed by atoms with van der Waals surface area (Å²) in [5.41, 5.74) is 6.50. The van der Waals surface area contributed by atoms with Crippen LogP contribution < -0.4 is 10.5 Å². The van der Waals surface area contributed by atoms with Crippen LogP contribution in [0.4, 0.5) is 5.69 Å². The molecular weight excluding hydrogens is 332 g/mol. The first-order valence-corrected chi connectivity index (χ1v) is 8.60. The maximum Gasteiger partial charge on any atom is 0.342 e. The Morgan fingerprint density at radius 2 is 2.08 bits per heavy atom. The first kappa shape index (κ1) is 17.3. The first-order valence-electron chi connectivity index (χ1n) is 8.22. The fourth-order valence-electron chi connectivity index (χ4n) is 3.33. The predicted molar refractivity (Wildman–Crippen MR) is 91.6 cm³/mol. The van der Waals surface area contributed by atoms with Crippen molar-refractivity contribution in [1.29, 1.82) is 0 Å². The Labute approximate surface area is 146 Å². The largest absolute Gasteiger partial charge is 0.490 e. The van der Waals surface area contributed by atoms with Crippen molar-refractivity contribution in [2.24, 2.45) is 5.92 Å². The number of nitrogens with two attached hydrogens (primary N) is 1. The second-order valence-electron chi connectivity index (χ2n) is 6.29.